The van der Waals surface area contributed by atoms with E-state index in [1.807, 2.05) is 24.5 Å². The van der Waals surface area contributed by atoms with Crippen molar-refractivity contribution in [2.24, 2.45) is 0 Å². The predicted octanol–water partition coefficient (Wildman–Crippen LogP) is 4.98. The maximum absolute atomic E-state index is 12.9. The Morgan fingerprint density at radius 2 is 1.93 bits per heavy atom. The van der Waals surface area contributed by atoms with Crippen molar-refractivity contribution < 1.29 is 18.0 Å². The van der Waals surface area contributed by atoms with Gasteiger partial charge >= 0.3 is 6.18 Å². The van der Waals surface area contributed by atoms with Crippen molar-refractivity contribution in [3.63, 3.8) is 0 Å². The van der Waals surface area contributed by atoms with Crippen LogP contribution in [0.1, 0.15) is 21.5 Å². The van der Waals surface area contributed by atoms with Crippen LogP contribution < -0.4 is 5.32 Å². The molecule has 0 spiro atoms. The molecule has 0 saturated heterocycles. The van der Waals surface area contributed by atoms with Crippen LogP contribution in [-0.2, 0) is 6.18 Å². The maximum Gasteiger partial charge on any atom is 0.416 e. The van der Waals surface area contributed by atoms with Gasteiger partial charge in [0.25, 0.3) is 5.91 Å². The molecule has 4 rings (SSSR count). The molecular weight excluding hydrogens is 381 g/mol. The molecule has 0 aliphatic rings. The molecule has 146 valence electrons. The van der Waals surface area contributed by atoms with E-state index in [1.54, 1.807) is 29.7 Å². The Balaban J connectivity index is 1.64. The fourth-order valence-corrected chi connectivity index (χ4v) is 2.92. The fraction of sp³-hybridized carbons (Fsp3) is 0.0952. The number of anilines is 1. The Labute approximate surface area is 163 Å². The summed E-state index contributed by atoms with van der Waals surface area (Å²) >= 11 is 0. The summed E-state index contributed by atoms with van der Waals surface area (Å²) in [6, 6.07) is 11.5. The number of benzene rings is 2. The Morgan fingerprint density at radius 3 is 2.69 bits per heavy atom. The van der Waals surface area contributed by atoms with E-state index in [0.29, 0.717) is 17.2 Å². The molecule has 0 aliphatic heterocycles. The number of aromatic nitrogens is 3. The van der Waals surface area contributed by atoms with Crippen LogP contribution in [0.2, 0.25) is 0 Å². The second-order valence-corrected chi connectivity index (χ2v) is 6.52. The third-order valence-corrected chi connectivity index (χ3v) is 4.47. The molecule has 2 aromatic heterocycles. The summed E-state index contributed by atoms with van der Waals surface area (Å²) in [5.41, 5.74) is 1.75. The van der Waals surface area contributed by atoms with Crippen molar-refractivity contribution in [3.8, 4) is 11.3 Å². The van der Waals surface area contributed by atoms with Crippen molar-refractivity contribution in [2.75, 3.05) is 5.32 Å². The molecule has 0 unspecified atom stereocenters. The number of amides is 1. The van der Waals surface area contributed by atoms with Gasteiger partial charge in [0, 0.05) is 35.4 Å². The van der Waals surface area contributed by atoms with E-state index in [9.17, 15) is 18.0 Å². The molecule has 2 aromatic carbocycles. The Morgan fingerprint density at radius 1 is 1.10 bits per heavy atom. The SMILES string of the molecule is Cc1ccc(-c2cn3cccnc3n2)cc1NC(=O)c1cccc(C(F)(F)F)c1. The zero-order valence-electron chi connectivity index (χ0n) is 15.2. The average molecular weight is 396 g/mol. The van der Waals surface area contributed by atoms with Crippen LogP contribution in [0.3, 0.4) is 0 Å². The van der Waals surface area contributed by atoms with Gasteiger partial charge in [0.1, 0.15) is 0 Å². The summed E-state index contributed by atoms with van der Waals surface area (Å²) < 4.78 is 40.5. The third-order valence-electron chi connectivity index (χ3n) is 4.47. The highest BCUT2D eigenvalue weighted by atomic mass is 19.4. The number of imidazole rings is 1. The van der Waals surface area contributed by atoms with Crippen molar-refractivity contribution in [2.45, 2.75) is 13.1 Å². The van der Waals surface area contributed by atoms with Crippen LogP contribution in [-0.4, -0.2) is 20.3 Å². The van der Waals surface area contributed by atoms with Crippen molar-refractivity contribution in [1.82, 2.24) is 14.4 Å². The normalized spacial score (nSPS) is 11.6. The number of carbonyl (C=O) groups excluding carboxylic acids is 1. The zero-order valence-corrected chi connectivity index (χ0v) is 15.2. The van der Waals surface area contributed by atoms with Gasteiger partial charge in [-0.25, -0.2) is 9.97 Å². The van der Waals surface area contributed by atoms with Crippen molar-refractivity contribution in [3.05, 3.63) is 83.8 Å². The van der Waals surface area contributed by atoms with E-state index in [1.165, 1.54) is 12.1 Å². The van der Waals surface area contributed by atoms with Crippen LogP contribution in [0, 0.1) is 6.92 Å². The van der Waals surface area contributed by atoms with Crippen LogP contribution in [0.15, 0.2) is 67.1 Å². The van der Waals surface area contributed by atoms with E-state index in [-0.39, 0.29) is 5.56 Å². The number of nitrogens with zero attached hydrogens (tertiary/aromatic N) is 3. The number of nitrogens with one attached hydrogen (secondary N) is 1. The van der Waals surface area contributed by atoms with Crippen molar-refractivity contribution >= 4 is 17.4 Å². The standard InChI is InChI=1S/C21H15F3N4O/c1-13-6-7-14(18-12-28-9-3-8-25-20(28)27-18)11-17(13)26-19(29)15-4-2-5-16(10-15)21(22,23)24/h2-12H,1H3,(H,26,29). The minimum Gasteiger partial charge on any atom is -0.322 e. The fourth-order valence-electron chi connectivity index (χ4n) is 2.92. The number of carbonyl (C=O) groups is 1. The molecule has 4 aromatic rings. The second-order valence-electron chi connectivity index (χ2n) is 6.52. The van der Waals surface area contributed by atoms with Gasteiger partial charge in [0.15, 0.2) is 0 Å². The van der Waals surface area contributed by atoms with Crippen LogP contribution in [0.5, 0.6) is 0 Å². The summed E-state index contributed by atoms with van der Waals surface area (Å²) in [5.74, 6) is -0.0781. The first-order valence-electron chi connectivity index (χ1n) is 8.70. The zero-order chi connectivity index (χ0) is 20.6. The van der Waals surface area contributed by atoms with E-state index in [4.69, 9.17) is 0 Å². The first-order chi connectivity index (χ1) is 13.8. The third kappa shape index (κ3) is 3.82. The van der Waals surface area contributed by atoms with Crippen LogP contribution in [0.4, 0.5) is 18.9 Å². The molecule has 0 bridgehead atoms. The predicted molar refractivity (Wildman–Crippen MR) is 103 cm³/mol. The molecule has 0 saturated carbocycles. The van der Waals surface area contributed by atoms with Gasteiger partial charge in [-0.1, -0.05) is 18.2 Å². The highest BCUT2D eigenvalue weighted by molar-refractivity contribution is 6.05. The van der Waals surface area contributed by atoms with Crippen molar-refractivity contribution in [1.29, 1.82) is 0 Å². The Bertz CT molecular complexity index is 1180. The number of aryl methyl sites for hydroxylation is 1. The molecule has 29 heavy (non-hydrogen) atoms. The lowest BCUT2D eigenvalue weighted by Crippen LogP contribution is -2.14. The lowest BCUT2D eigenvalue weighted by molar-refractivity contribution is -0.137. The first-order valence-corrected chi connectivity index (χ1v) is 8.70. The molecule has 0 radical (unpaired) electrons. The lowest BCUT2D eigenvalue weighted by atomic mass is 10.1. The minimum atomic E-state index is -4.51. The second kappa shape index (κ2) is 7.05. The summed E-state index contributed by atoms with van der Waals surface area (Å²) in [4.78, 5) is 21.1. The molecule has 2 heterocycles. The average Bonchev–Trinajstić information content (AvgIpc) is 3.13. The molecule has 1 N–H and O–H groups in total. The minimum absolute atomic E-state index is 0.0680. The summed E-state index contributed by atoms with van der Waals surface area (Å²) in [5, 5.41) is 2.69. The Hall–Kier alpha value is -3.68. The van der Waals surface area contributed by atoms with Gasteiger partial charge in [0.05, 0.1) is 11.3 Å². The van der Waals surface area contributed by atoms with Gasteiger partial charge in [-0.15, -0.1) is 0 Å². The number of halogens is 3. The number of alkyl halides is 3. The topological polar surface area (TPSA) is 59.3 Å². The molecule has 0 atom stereocenters. The molecule has 0 aliphatic carbocycles. The highest BCUT2D eigenvalue weighted by Crippen LogP contribution is 2.30. The molecule has 1 amide bonds. The maximum atomic E-state index is 12.9. The highest BCUT2D eigenvalue weighted by Gasteiger charge is 2.30. The van der Waals surface area contributed by atoms with Crippen LogP contribution in [0.25, 0.3) is 17.0 Å². The molecular formula is C21H15F3N4O. The first kappa shape index (κ1) is 18.7. The summed E-state index contributed by atoms with van der Waals surface area (Å²) in [6.07, 6.45) is 0.764. The van der Waals surface area contributed by atoms with Gasteiger partial charge in [0.2, 0.25) is 5.78 Å². The Kier molecular flexibility index (Phi) is 4.54. The largest absolute Gasteiger partial charge is 0.416 e. The smallest absolute Gasteiger partial charge is 0.322 e. The monoisotopic (exact) mass is 396 g/mol. The number of rotatable bonds is 3. The van der Waals surface area contributed by atoms with Crippen LogP contribution >= 0.6 is 0 Å². The van der Waals surface area contributed by atoms with Gasteiger partial charge in [-0.3, -0.25) is 9.20 Å². The quantitative estimate of drug-likeness (QED) is 0.532. The molecule has 5 nitrogen and oxygen atoms in total. The number of hydrogen-bond acceptors (Lipinski definition) is 3. The van der Waals surface area contributed by atoms with Gasteiger partial charge < -0.3 is 5.32 Å². The summed E-state index contributed by atoms with van der Waals surface area (Å²) in [7, 11) is 0. The molecule has 0 fully saturated rings. The number of hydrogen-bond donors (Lipinski definition) is 1. The number of fused-ring (bicyclic) bond motifs is 1. The van der Waals surface area contributed by atoms with E-state index < -0.39 is 17.6 Å². The summed E-state index contributed by atoms with van der Waals surface area (Å²) in [6.45, 7) is 1.80. The lowest BCUT2D eigenvalue weighted by Gasteiger charge is -2.12. The molecule has 8 heteroatoms. The van der Waals surface area contributed by atoms with Gasteiger partial charge in [-0.05, 0) is 42.8 Å². The van der Waals surface area contributed by atoms with E-state index >= 15 is 0 Å². The van der Waals surface area contributed by atoms with E-state index in [0.717, 1.165) is 23.3 Å². The van der Waals surface area contributed by atoms with E-state index in [2.05, 4.69) is 15.3 Å². The van der Waals surface area contributed by atoms with Gasteiger partial charge in [-0.2, -0.15) is 13.2 Å².